The quantitative estimate of drug-likeness (QED) is 0.856. The van der Waals surface area contributed by atoms with Crippen LogP contribution in [0.3, 0.4) is 0 Å². The molecule has 0 aliphatic heterocycles. The van der Waals surface area contributed by atoms with Crippen molar-refractivity contribution in [1.29, 1.82) is 0 Å². The monoisotopic (exact) mass is 239 g/mol. The minimum absolute atomic E-state index is 0.135. The van der Waals surface area contributed by atoms with Crippen molar-refractivity contribution >= 4 is 0 Å². The van der Waals surface area contributed by atoms with Crippen LogP contribution in [0.1, 0.15) is 24.0 Å². The molecule has 1 aromatic rings. The van der Waals surface area contributed by atoms with Crippen LogP contribution in [0.5, 0.6) is 11.5 Å². The number of methoxy groups -OCH3 is 2. The van der Waals surface area contributed by atoms with E-state index < -0.39 is 6.67 Å². The number of rotatable bonds is 5. The molecule has 0 unspecified atom stereocenters. The smallest absolute Gasteiger partial charge is 0.161 e. The highest BCUT2D eigenvalue weighted by molar-refractivity contribution is 5.48. The summed E-state index contributed by atoms with van der Waals surface area (Å²) >= 11 is 0. The van der Waals surface area contributed by atoms with Gasteiger partial charge in [-0.3, -0.25) is 0 Å². The number of hydrogen-bond acceptors (Lipinski definition) is 3. The zero-order chi connectivity index (χ0) is 12.5. The Morgan fingerprint density at radius 3 is 2.12 bits per heavy atom. The van der Waals surface area contributed by atoms with E-state index in [1.165, 1.54) is 0 Å². The molecule has 94 valence electrons. The first kappa shape index (κ1) is 12.2. The van der Waals surface area contributed by atoms with Crippen LogP contribution in [0.25, 0.3) is 0 Å². The summed E-state index contributed by atoms with van der Waals surface area (Å²) < 4.78 is 23.4. The van der Waals surface area contributed by atoms with Gasteiger partial charge in [-0.15, -0.1) is 0 Å². The van der Waals surface area contributed by atoms with Crippen LogP contribution in [0.2, 0.25) is 0 Å². The van der Waals surface area contributed by atoms with Gasteiger partial charge >= 0.3 is 0 Å². The summed E-state index contributed by atoms with van der Waals surface area (Å²) in [4.78, 5) is 0. The molecule has 1 fully saturated rings. The molecule has 0 amide bonds. The summed E-state index contributed by atoms with van der Waals surface area (Å²) in [6.07, 6.45) is 2.72. The highest BCUT2D eigenvalue weighted by Gasteiger charge is 2.38. The van der Waals surface area contributed by atoms with Crippen LogP contribution >= 0.6 is 0 Å². The second kappa shape index (κ2) is 4.53. The third-order valence-electron chi connectivity index (χ3n) is 3.28. The molecule has 1 aliphatic carbocycles. The van der Waals surface area contributed by atoms with Crippen LogP contribution < -0.4 is 15.2 Å². The summed E-state index contributed by atoms with van der Waals surface area (Å²) in [5, 5.41) is 0. The standard InChI is InChI=1S/C13H18FNO2/c1-16-11-5-9(7-13(15)3-4-13)10(8-14)6-12(11)17-2/h5-6H,3-4,7-8,15H2,1-2H3. The van der Waals surface area contributed by atoms with E-state index in [1.54, 1.807) is 20.3 Å². The van der Waals surface area contributed by atoms with Crippen LogP contribution in [-0.2, 0) is 13.1 Å². The number of halogens is 1. The summed E-state index contributed by atoms with van der Waals surface area (Å²) in [5.41, 5.74) is 7.49. The maximum atomic E-state index is 13.0. The Labute approximate surface area is 101 Å². The van der Waals surface area contributed by atoms with E-state index in [0.717, 1.165) is 18.4 Å². The van der Waals surface area contributed by atoms with Crippen molar-refractivity contribution in [2.75, 3.05) is 14.2 Å². The Hall–Kier alpha value is -1.29. The van der Waals surface area contributed by atoms with Crippen molar-refractivity contribution in [2.24, 2.45) is 5.73 Å². The maximum absolute atomic E-state index is 13.0. The van der Waals surface area contributed by atoms with Crippen LogP contribution in [0, 0.1) is 0 Å². The first-order chi connectivity index (χ1) is 8.11. The van der Waals surface area contributed by atoms with Gasteiger partial charge < -0.3 is 15.2 Å². The largest absolute Gasteiger partial charge is 0.493 e. The van der Waals surface area contributed by atoms with Crippen LogP contribution in [-0.4, -0.2) is 19.8 Å². The Bertz CT molecular complexity index is 416. The average molecular weight is 239 g/mol. The molecule has 3 nitrogen and oxygen atoms in total. The molecule has 4 heteroatoms. The normalized spacial score (nSPS) is 16.7. The molecule has 0 spiro atoms. The lowest BCUT2D eigenvalue weighted by atomic mass is 9.99. The summed E-state index contributed by atoms with van der Waals surface area (Å²) in [5.74, 6) is 1.19. The van der Waals surface area contributed by atoms with E-state index in [2.05, 4.69) is 0 Å². The molecule has 2 rings (SSSR count). The van der Waals surface area contributed by atoms with Gasteiger partial charge in [0.1, 0.15) is 6.67 Å². The number of ether oxygens (including phenoxy) is 2. The van der Waals surface area contributed by atoms with Crippen molar-refractivity contribution in [3.8, 4) is 11.5 Å². The molecular formula is C13H18FNO2. The minimum Gasteiger partial charge on any atom is -0.493 e. The molecule has 2 N–H and O–H groups in total. The van der Waals surface area contributed by atoms with E-state index in [0.29, 0.717) is 23.5 Å². The lowest BCUT2D eigenvalue weighted by Crippen LogP contribution is -2.25. The predicted molar refractivity (Wildman–Crippen MR) is 64.2 cm³/mol. The van der Waals surface area contributed by atoms with Gasteiger partial charge in [0, 0.05) is 5.54 Å². The molecule has 1 aromatic carbocycles. The van der Waals surface area contributed by atoms with Crippen LogP contribution in [0.15, 0.2) is 12.1 Å². The average Bonchev–Trinajstić information content (AvgIpc) is 3.06. The van der Waals surface area contributed by atoms with E-state index in [1.807, 2.05) is 6.07 Å². The van der Waals surface area contributed by atoms with E-state index >= 15 is 0 Å². The fraction of sp³-hybridized carbons (Fsp3) is 0.538. The van der Waals surface area contributed by atoms with Crippen molar-refractivity contribution in [2.45, 2.75) is 31.5 Å². The third-order valence-corrected chi connectivity index (χ3v) is 3.28. The zero-order valence-electron chi connectivity index (χ0n) is 10.3. The Kier molecular flexibility index (Phi) is 3.24. The molecule has 0 atom stereocenters. The second-order valence-corrected chi connectivity index (χ2v) is 4.65. The van der Waals surface area contributed by atoms with E-state index in [-0.39, 0.29) is 5.54 Å². The fourth-order valence-electron chi connectivity index (χ4n) is 1.97. The molecule has 1 aliphatic rings. The van der Waals surface area contributed by atoms with Gasteiger partial charge in [0.2, 0.25) is 0 Å². The van der Waals surface area contributed by atoms with Gasteiger partial charge in [-0.25, -0.2) is 4.39 Å². The molecule has 1 saturated carbocycles. The molecule has 0 saturated heterocycles. The van der Waals surface area contributed by atoms with Crippen molar-refractivity contribution in [3.63, 3.8) is 0 Å². The molecule has 0 bridgehead atoms. The zero-order valence-corrected chi connectivity index (χ0v) is 10.3. The van der Waals surface area contributed by atoms with Crippen LogP contribution in [0.4, 0.5) is 4.39 Å². The van der Waals surface area contributed by atoms with E-state index in [4.69, 9.17) is 15.2 Å². The topological polar surface area (TPSA) is 44.5 Å². The number of alkyl halides is 1. The van der Waals surface area contributed by atoms with Crippen molar-refractivity contribution in [1.82, 2.24) is 0 Å². The SMILES string of the molecule is COc1cc(CF)c(CC2(N)CC2)cc1OC. The van der Waals surface area contributed by atoms with Gasteiger partial charge in [-0.1, -0.05) is 0 Å². The van der Waals surface area contributed by atoms with Gasteiger partial charge in [0.25, 0.3) is 0 Å². The first-order valence-corrected chi connectivity index (χ1v) is 5.70. The Balaban J connectivity index is 2.35. The highest BCUT2D eigenvalue weighted by atomic mass is 19.1. The number of hydrogen-bond donors (Lipinski definition) is 1. The summed E-state index contributed by atoms with van der Waals surface area (Å²) in [6.45, 7) is -0.508. The van der Waals surface area contributed by atoms with Gasteiger partial charge in [-0.2, -0.15) is 0 Å². The van der Waals surface area contributed by atoms with Gasteiger partial charge in [-0.05, 0) is 42.5 Å². The third kappa shape index (κ3) is 2.52. The Morgan fingerprint density at radius 2 is 1.71 bits per heavy atom. The molecule has 17 heavy (non-hydrogen) atoms. The Morgan fingerprint density at radius 1 is 1.18 bits per heavy atom. The van der Waals surface area contributed by atoms with Gasteiger partial charge in [0.05, 0.1) is 14.2 Å². The lowest BCUT2D eigenvalue weighted by molar-refractivity contribution is 0.352. The number of benzene rings is 1. The summed E-state index contributed by atoms with van der Waals surface area (Å²) in [7, 11) is 3.12. The van der Waals surface area contributed by atoms with Crippen molar-refractivity contribution in [3.05, 3.63) is 23.3 Å². The molecular weight excluding hydrogens is 221 g/mol. The molecule has 0 aromatic heterocycles. The van der Waals surface area contributed by atoms with E-state index in [9.17, 15) is 4.39 Å². The number of nitrogens with two attached hydrogens (primary N) is 1. The van der Waals surface area contributed by atoms with Gasteiger partial charge in [0.15, 0.2) is 11.5 Å². The second-order valence-electron chi connectivity index (χ2n) is 4.65. The predicted octanol–water partition coefficient (Wildman–Crippen LogP) is 2.21. The summed E-state index contributed by atoms with van der Waals surface area (Å²) in [6, 6.07) is 3.53. The lowest BCUT2D eigenvalue weighted by Gasteiger charge is -2.15. The highest BCUT2D eigenvalue weighted by Crippen LogP contribution is 2.39. The minimum atomic E-state index is -0.508. The van der Waals surface area contributed by atoms with Crippen molar-refractivity contribution < 1.29 is 13.9 Å². The molecule has 0 heterocycles. The first-order valence-electron chi connectivity index (χ1n) is 5.70. The fourth-order valence-corrected chi connectivity index (χ4v) is 1.97. The maximum Gasteiger partial charge on any atom is 0.161 e. The molecule has 0 radical (unpaired) electrons.